The van der Waals surface area contributed by atoms with Gasteiger partial charge in [-0.3, -0.25) is 15.0 Å². The van der Waals surface area contributed by atoms with Crippen molar-refractivity contribution in [1.82, 2.24) is 29.8 Å². The van der Waals surface area contributed by atoms with Crippen LogP contribution < -0.4 is 10.2 Å². The Labute approximate surface area is 223 Å². The molecule has 1 saturated carbocycles. The van der Waals surface area contributed by atoms with Gasteiger partial charge in [-0.25, -0.2) is 18.6 Å². The van der Waals surface area contributed by atoms with Gasteiger partial charge in [0, 0.05) is 18.7 Å². The Hall–Kier alpha value is -3.65. The molecule has 1 aliphatic carbocycles. The summed E-state index contributed by atoms with van der Waals surface area (Å²) >= 11 is 1.17. The molecule has 11 nitrogen and oxygen atoms in total. The first-order valence-corrected chi connectivity index (χ1v) is 14.2. The number of pyridine rings is 1. The van der Waals surface area contributed by atoms with Crippen LogP contribution in [0.4, 0.5) is 0 Å². The van der Waals surface area contributed by atoms with Crippen LogP contribution in [0.15, 0.2) is 71.2 Å². The average Bonchev–Trinajstić information content (AvgIpc) is 3.45. The molecule has 2 N–H and O–H groups in total. The number of aromatic nitrogens is 4. The molecule has 0 radical (unpaired) electrons. The lowest BCUT2D eigenvalue weighted by Crippen LogP contribution is -2.33. The summed E-state index contributed by atoms with van der Waals surface area (Å²) in [7, 11) is -2.23. The molecule has 1 fully saturated rings. The third-order valence-corrected chi connectivity index (χ3v) is 9.69. The third-order valence-electron chi connectivity index (χ3n) is 6.21. The molecule has 1 aromatic carbocycles. The minimum atomic E-state index is -3.79. The molecule has 5 rings (SSSR count). The summed E-state index contributed by atoms with van der Waals surface area (Å²) in [4.78, 5) is 17.5. The molecule has 0 aliphatic heterocycles. The number of thiophene rings is 1. The fraction of sp³-hybridized carbons (Fsp3) is 0.280. The number of nitrogens with one attached hydrogen (secondary N) is 1. The number of rotatable bonds is 11. The highest BCUT2D eigenvalue weighted by atomic mass is 32.2. The number of nitrogens with zero attached hydrogens (tertiary/aromatic N) is 5. The standard InChI is InChI=1S/C25H26N6O5S2/c1-36-20-9-5-17(6-10-20)14-22(25(32)28-33)30-15-18(27-29-30)16-31(19-7-8-19)38(34,35)24-12-11-23(37-24)21-4-2-3-13-26-21/h2-6,9-13,15,19,22,33H,7-8,14,16H2,1H3,(H,28,32). The number of benzene rings is 1. The largest absolute Gasteiger partial charge is 0.497 e. The summed E-state index contributed by atoms with van der Waals surface area (Å²) in [5.41, 5.74) is 3.61. The lowest BCUT2D eigenvalue weighted by Gasteiger charge is -2.19. The summed E-state index contributed by atoms with van der Waals surface area (Å²) in [6.07, 6.45) is 4.97. The van der Waals surface area contributed by atoms with Crippen molar-refractivity contribution >= 4 is 27.3 Å². The van der Waals surface area contributed by atoms with Gasteiger partial charge in [0.25, 0.3) is 15.9 Å². The van der Waals surface area contributed by atoms with E-state index < -0.39 is 22.0 Å². The van der Waals surface area contributed by atoms with Crippen LogP contribution in [0.2, 0.25) is 0 Å². The van der Waals surface area contributed by atoms with Gasteiger partial charge in [0.05, 0.1) is 36.1 Å². The monoisotopic (exact) mass is 554 g/mol. The first-order valence-electron chi connectivity index (χ1n) is 11.9. The van der Waals surface area contributed by atoms with E-state index in [2.05, 4.69) is 15.3 Å². The van der Waals surface area contributed by atoms with Crippen LogP contribution in [0.25, 0.3) is 10.6 Å². The molecule has 1 atom stereocenters. The normalized spacial score (nSPS) is 14.4. The number of hydroxylamine groups is 1. The lowest BCUT2D eigenvalue weighted by atomic mass is 10.1. The van der Waals surface area contributed by atoms with Gasteiger partial charge in [-0.2, -0.15) is 4.31 Å². The van der Waals surface area contributed by atoms with Crippen LogP contribution in [-0.2, 0) is 27.8 Å². The zero-order valence-electron chi connectivity index (χ0n) is 20.5. The highest BCUT2D eigenvalue weighted by Crippen LogP contribution is 2.37. The van der Waals surface area contributed by atoms with E-state index in [9.17, 15) is 18.4 Å². The fourth-order valence-electron chi connectivity index (χ4n) is 4.06. The molecule has 3 heterocycles. The van der Waals surface area contributed by atoms with E-state index in [1.54, 1.807) is 49.2 Å². The highest BCUT2D eigenvalue weighted by molar-refractivity contribution is 7.91. The van der Waals surface area contributed by atoms with Gasteiger partial charge in [-0.1, -0.05) is 23.4 Å². The lowest BCUT2D eigenvalue weighted by molar-refractivity contribution is -0.133. The second-order valence-corrected chi connectivity index (χ2v) is 12.1. The predicted octanol–water partition coefficient (Wildman–Crippen LogP) is 3.05. The molecular formula is C25H26N6O5S2. The second-order valence-electron chi connectivity index (χ2n) is 8.85. The van der Waals surface area contributed by atoms with Crippen LogP contribution >= 0.6 is 11.3 Å². The molecule has 4 aromatic rings. The SMILES string of the molecule is COc1ccc(CC(C(=O)NO)n2cc(CN(C3CC3)S(=O)(=O)c3ccc(-c4ccccn4)s3)nn2)cc1. The van der Waals surface area contributed by atoms with Crippen molar-refractivity contribution in [3.8, 4) is 16.3 Å². The van der Waals surface area contributed by atoms with E-state index in [4.69, 9.17) is 4.74 Å². The summed E-state index contributed by atoms with van der Waals surface area (Å²) < 4.78 is 35.4. The zero-order chi connectivity index (χ0) is 26.7. The molecule has 3 aromatic heterocycles. The minimum Gasteiger partial charge on any atom is -0.497 e. The highest BCUT2D eigenvalue weighted by Gasteiger charge is 2.39. The van der Waals surface area contributed by atoms with Crippen LogP contribution in [0, 0.1) is 0 Å². The number of hydrogen-bond acceptors (Lipinski definition) is 9. The first-order chi connectivity index (χ1) is 18.4. The topological polar surface area (TPSA) is 140 Å². The number of sulfonamides is 1. The molecule has 0 saturated heterocycles. The molecule has 198 valence electrons. The van der Waals surface area contributed by atoms with Gasteiger partial charge in [-0.15, -0.1) is 16.4 Å². The Morgan fingerprint density at radius 1 is 1.21 bits per heavy atom. The van der Waals surface area contributed by atoms with E-state index in [1.807, 2.05) is 30.3 Å². The Bertz CT molecular complexity index is 1500. The minimum absolute atomic E-state index is 0.0137. The molecule has 1 unspecified atom stereocenters. The van der Waals surface area contributed by atoms with Gasteiger partial charge in [-0.05, 0) is 54.8 Å². The van der Waals surface area contributed by atoms with Gasteiger partial charge in [0.1, 0.15) is 16.0 Å². The number of carbonyl (C=O) groups excluding carboxylic acids is 1. The average molecular weight is 555 g/mol. The molecule has 0 bridgehead atoms. The first kappa shape index (κ1) is 26.0. The van der Waals surface area contributed by atoms with Crippen LogP contribution in [0.3, 0.4) is 0 Å². The van der Waals surface area contributed by atoms with Crippen molar-refractivity contribution in [3.05, 3.63) is 78.2 Å². The van der Waals surface area contributed by atoms with Gasteiger partial charge < -0.3 is 4.74 Å². The van der Waals surface area contributed by atoms with Gasteiger partial charge >= 0.3 is 0 Å². The zero-order valence-corrected chi connectivity index (χ0v) is 22.1. The quantitative estimate of drug-likeness (QED) is 0.213. The molecule has 1 aliphatic rings. The molecule has 13 heteroatoms. The predicted molar refractivity (Wildman–Crippen MR) is 139 cm³/mol. The van der Waals surface area contributed by atoms with Crippen LogP contribution in [-0.4, -0.2) is 57.0 Å². The number of methoxy groups -OCH3 is 1. The second kappa shape index (κ2) is 11.0. The summed E-state index contributed by atoms with van der Waals surface area (Å²) in [6, 6.07) is 15.0. The van der Waals surface area contributed by atoms with Crippen molar-refractivity contribution in [1.29, 1.82) is 0 Å². The smallest absolute Gasteiger partial charge is 0.268 e. The van der Waals surface area contributed by atoms with Crippen LogP contribution in [0.5, 0.6) is 5.75 Å². The maximum absolute atomic E-state index is 13.6. The van der Waals surface area contributed by atoms with Gasteiger partial charge in [0.15, 0.2) is 0 Å². The summed E-state index contributed by atoms with van der Waals surface area (Å²) in [5.74, 6) is 0.0174. The van der Waals surface area contributed by atoms with Crippen molar-refractivity contribution in [2.45, 2.75) is 42.1 Å². The van der Waals surface area contributed by atoms with Gasteiger partial charge in [0.2, 0.25) is 0 Å². The number of carbonyl (C=O) groups is 1. The Morgan fingerprint density at radius 3 is 2.66 bits per heavy atom. The maximum Gasteiger partial charge on any atom is 0.268 e. The van der Waals surface area contributed by atoms with E-state index >= 15 is 0 Å². The number of amides is 1. The molecule has 1 amide bonds. The molecule has 0 spiro atoms. The fourth-order valence-corrected chi connectivity index (χ4v) is 7.13. The number of hydrogen-bond donors (Lipinski definition) is 2. The van der Waals surface area contributed by atoms with Crippen molar-refractivity contribution in [2.24, 2.45) is 0 Å². The van der Waals surface area contributed by atoms with Crippen molar-refractivity contribution in [3.63, 3.8) is 0 Å². The Balaban J connectivity index is 1.36. The Kier molecular flexibility index (Phi) is 7.51. The van der Waals surface area contributed by atoms with E-state index in [-0.39, 0.29) is 23.2 Å². The van der Waals surface area contributed by atoms with E-state index in [0.29, 0.717) is 17.1 Å². The molecule has 38 heavy (non-hydrogen) atoms. The molecular weight excluding hydrogens is 528 g/mol. The Morgan fingerprint density at radius 2 is 2.00 bits per heavy atom. The third kappa shape index (κ3) is 5.60. The van der Waals surface area contributed by atoms with Crippen LogP contribution in [0.1, 0.15) is 30.1 Å². The summed E-state index contributed by atoms with van der Waals surface area (Å²) in [5, 5.41) is 17.5. The van der Waals surface area contributed by atoms with E-state index in [1.165, 1.54) is 20.3 Å². The van der Waals surface area contributed by atoms with Crippen molar-refractivity contribution in [2.75, 3.05) is 7.11 Å². The van der Waals surface area contributed by atoms with E-state index in [0.717, 1.165) is 23.3 Å². The maximum atomic E-state index is 13.6. The van der Waals surface area contributed by atoms with Crippen molar-refractivity contribution < 1.29 is 23.2 Å². The summed E-state index contributed by atoms with van der Waals surface area (Å²) in [6.45, 7) is 0.0137. The number of ether oxygens (including phenoxy) is 1.